The van der Waals surface area contributed by atoms with Crippen LogP contribution in [0.4, 0.5) is 0 Å². The van der Waals surface area contributed by atoms with Crippen molar-refractivity contribution in [2.45, 2.75) is 11.4 Å². The first-order valence-electron chi connectivity index (χ1n) is 5.37. The highest BCUT2D eigenvalue weighted by Gasteiger charge is 2.36. The molecule has 0 aromatic heterocycles. The molecule has 2 heteroatoms. The van der Waals surface area contributed by atoms with E-state index < -0.39 is 0 Å². The van der Waals surface area contributed by atoms with Gasteiger partial charge in [-0.25, -0.2) is 0 Å². The molecule has 1 heterocycles. The van der Waals surface area contributed by atoms with Crippen LogP contribution in [0.2, 0.25) is 0 Å². The summed E-state index contributed by atoms with van der Waals surface area (Å²) in [6.45, 7) is 0. The van der Waals surface area contributed by atoms with Gasteiger partial charge in [-0.3, -0.25) is 0 Å². The number of rotatable bonds is 2. The summed E-state index contributed by atoms with van der Waals surface area (Å²) in [6.07, 6.45) is 0.202. The van der Waals surface area contributed by atoms with Crippen LogP contribution in [-0.4, -0.2) is 0 Å². The Morgan fingerprint density at radius 1 is 0.750 bits per heavy atom. The first kappa shape index (κ1) is 9.94. The first-order chi connectivity index (χ1) is 7.95. The molecule has 16 heavy (non-hydrogen) atoms. The summed E-state index contributed by atoms with van der Waals surface area (Å²) in [5, 5.41) is 0.434. The van der Waals surface area contributed by atoms with Crippen molar-refractivity contribution in [3.8, 4) is 0 Å². The van der Waals surface area contributed by atoms with E-state index in [2.05, 4.69) is 48.5 Å². The molecule has 1 saturated heterocycles. The summed E-state index contributed by atoms with van der Waals surface area (Å²) >= 11 is 1.56. The molecular formula is C14H12OS. The Morgan fingerprint density at radius 3 is 1.81 bits per heavy atom. The van der Waals surface area contributed by atoms with E-state index >= 15 is 0 Å². The Hall–Kier alpha value is -1.25. The van der Waals surface area contributed by atoms with Crippen LogP contribution < -0.4 is 0 Å². The molecule has 0 N–H and O–H groups in total. The summed E-state index contributed by atoms with van der Waals surface area (Å²) in [5.74, 6) is 0. The Kier molecular flexibility index (Phi) is 2.68. The smallest absolute Gasteiger partial charge is 0.115 e. The lowest BCUT2D eigenvalue weighted by Gasteiger charge is -2.35. The van der Waals surface area contributed by atoms with Gasteiger partial charge in [0.2, 0.25) is 0 Å². The van der Waals surface area contributed by atoms with Crippen LogP contribution in [0.1, 0.15) is 22.5 Å². The average Bonchev–Trinajstić information content (AvgIpc) is 2.30. The number of hydrogen-bond acceptors (Lipinski definition) is 2. The third-order valence-corrected chi connectivity index (χ3v) is 3.84. The molecule has 2 aromatic rings. The Labute approximate surface area is 99.7 Å². The summed E-state index contributed by atoms with van der Waals surface area (Å²) in [4.78, 5) is 0. The summed E-state index contributed by atoms with van der Waals surface area (Å²) in [6, 6.07) is 20.9. The molecule has 0 spiro atoms. The van der Waals surface area contributed by atoms with E-state index in [0.717, 1.165) is 0 Å². The SMILES string of the molecule is c1ccc(C2OSC2c2ccccc2)cc1. The molecule has 1 nitrogen and oxygen atoms in total. The van der Waals surface area contributed by atoms with Crippen LogP contribution in [0.5, 0.6) is 0 Å². The molecule has 80 valence electrons. The zero-order chi connectivity index (χ0) is 10.8. The standard InChI is InChI=1S/C14H12OS/c1-3-7-11(8-4-1)13-14(16-15-13)12-9-5-2-6-10-12/h1-10,13-14H. The van der Waals surface area contributed by atoms with Gasteiger partial charge in [-0.15, -0.1) is 0 Å². The van der Waals surface area contributed by atoms with E-state index in [1.54, 1.807) is 12.0 Å². The Bertz CT molecular complexity index is 409. The van der Waals surface area contributed by atoms with Crippen LogP contribution in [-0.2, 0) is 4.18 Å². The molecule has 2 atom stereocenters. The lowest BCUT2D eigenvalue weighted by Crippen LogP contribution is -2.18. The molecule has 0 saturated carbocycles. The van der Waals surface area contributed by atoms with Crippen LogP contribution in [0, 0.1) is 0 Å². The highest BCUT2D eigenvalue weighted by molar-refractivity contribution is 7.96. The topological polar surface area (TPSA) is 9.23 Å². The van der Waals surface area contributed by atoms with Crippen molar-refractivity contribution in [1.82, 2.24) is 0 Å². The second kappa shape index (κ2) is 4.32. The third kappa shape index (κ3) is 1.75. The van der Waals surface area contributed by atoms with E-state index in [1.165, 1.54) is 11.1 Å². The largest absolute Gasteiger partial charge is 0.305 e. The van der Waals surface area contributed by atoms with Crippen molar-refractivity contribution in [1.29, 1.82) is 0 Å². The summed E-state index contributed by atoms with van der Waals surface area (Å²) in [7, 11) is 0. The molecule has 0 radical (unpaired) electrons. The van der Waals surface area contributed by atoms with Crippen LogP contribution in [0.3, 0.4) is 0 Å². The van der Waals surface area contributed by atoms with Gasteiger partial charge in [-0.2, -0.15) is 0 Å². The lowest BCUT2D eigenvalue weighted by molar-refractivity contribution is 0.188. The van der Waals surface area contributed by atoms with E-state index in [4.69, 9.17) is 4.18 Å². The predicted octanol–water partition coefficient (Wildman–Crippen LogP) is 4.15. The summed E-state index contributed by atoms with van der Waals surface area (Å²) < 4.78 is 5.60. The summed E-state index contributed by atoms with van der Waals surface area (Å²) in [5.41, 5.74) is 2.60. The van der Waals surface area contributed by atoms with Gasteiger partial charge in [-0.05, 0) is 11.1 Å². The highest BCUT2D eigenvalue weighted by atomic mass is 32.2. The maximum Gasteiger partial charge on any atom is 0.115 e. The van der Waals surface area contributed by atoms with Gasteiger partial charge in [0.05, 0.1) is 5.25 Å². The van der Waals surface area contributed by atoms with Gasteiger partial charge >= 0.3 is 0 Å². The van der Waals surface area contributed by atoms with Crippen molar-refractivity contribution in [3.63, 3.8) is 0 Å². The molecule has 2 aromatic carbocycles. The fourth-order valence-electron chi connectivity index (χ4n) is 1.91. The average molecular weight is 228 g/mol. The molecular weight excluding hydrogens is 216 g/mol. The van der Waals surface area contributed by atoms with Crippen molar-refractivity contribution in [3.05, 3.63) is 71.8 Å². The second-order valence-electron chi connectivity index (χ2n) is 3.86. The van der Waals surface area contributed by atoms with Crippen molar-refractivity contribution in [2.75, 3.05) is 0 Å². The third-order valence-electron chi connectivity index (χ3n) is 2.79. The van der Waals surface area contributed by atoms with Crippen molar-refractivity contribution < 1.29 is 4.18 Å². The minimum absolute atomic E-state index is 0.202. The normalized spacial score (nSPS) is 23.8. The zero-order valence-corrected chi connectivity index (χ0v) is 9.56. The van der Waals surface area contributed by atoms with E-state index in [0.29, 0.717) is 5.25 Å². The molecule has 0 amide bonds. The molecule has 1 fully saturated rings. The molecule has 1 aliphatic rings. The van der Waals surface area contributed by atoms with E-state index in [9.17, 15) is 0 Å². The first-order valence-corrected chi connectivity index (χ1v) is 6.17. The zero-order valence-electron chi connectivity index (χ0n) is 8.74. The minimum atomic E-state index is 0.202. The van der Waals surface area contributed by atoms with Gasteiger partial charge in [0.25, 0.3) is 0 Å². The van der Waals surface area contributed by atoms with Crippen LogP contribution in [0.25, 0.3) is 0 Å². The number of hydrogen-bond donors (Lipinski definition) is 0. The fourth-order valence-corrected chi connectivity index (χ4v) is 2.78. The molecule has 0 bridgehead atoms. The van der Waals surface area contributed by atoms with E-state index in [1.807, 2.05) is 12.1 Å². The maximum atomic E-state index is 5.60. The molecule has 3 rings (SSSR count). The Morgan fingerprint density at radius 2 is 1.31 bits per heavy atom. The highest BCUT2D eigenvalue weighted by Crippen LogP contribution is 2.54. The van der Waals surface area contributed by atoms with Gasteiger partial charge in [0.1, 0.15) is 6.10 Å². The van der Waals surface area contributed by atoms with Gasteiger partial charge in [0, 0.05) is 12.0 Å². The fraction of sp³-hybridized carbons (Fsp3) is 0.143. The molecule has 1 aliphatic heterocycles. The van der Waals surface area contributed by atoms with Gasteiger partial charge in [0.15, 0.2) is 0 Å². The quantitative estimate of drug-likeness (QED) is 0.714. The minimum Gasteiger partial charge on any atom is -0.305 e. The van der Waals surface area contributed by atoms with E-state index in [-0.39, 0.29) is 6.10 Å². The van der Waals surface area contributed by atoms with Gasteiger partial charge < -0.3 is 4.18 Å². The second-order valence-corrected chi connectivity index (χ2v) is 4.75. The molecule has 0 aliphatic carbocycles. The van der Waals surface area contributed by atoms with Crippen LogP contribution >= 0.6 is 12.0 Å². The lowest BCUT2D eigenvalue weighted by atomic mass is 10.0. The predicted molar refractivity (Wildman–Crippen MR) is 67.0 cm³/mol. The number of benzene rings is 2. The van der Waals surface area contributed by atoms with Crippen molar-refractivity contribution >= 4 is 12.0 Å². The van der Waals surface area contributed by atoms with Crippen molar-refractivity contribution in [2.24, 2.45) is 0 Å². The maximum absolute atomic E-state index is 5.60. The monoisotopic (exact) mass is 228 g/mol. The van der Waals surface area contributed by atoms with Gasteiger partial charge in [-0.1, -0.05) is 60.7 Å². The molecule has 2 unspecified atom stereocenters. The van der Waals surface area contributed by atoms with Crippen LogP contribution in [0.15, 0.2) is 60.7 Å². The Balaban J connectivity index is 1.85.